The number of H-pyrrole nitrogens is 1. The summed E-state index contributed by atoms with van der Waals surface area (Å²) < 4.78 is 27.8. The van der Waals surface area contributed by atoms with Crippen LogP contribution in [0.1, 0.15) is 12.5 Å². The van der Waals surface area contributed by atoms with E-state index in [0.29, 0.717) is 17.1 Å². The summed E-state index contributed by atoms with van der Waals surface area (Å²) in [6.45, 7) is 3.52. The monoisotopic (exact) mass is 462 g/mol. The molecule has 33 heavy (non-hydrogen) atoms. The Kier molecular flexibility index (Phi) is 6.29. The molecule has 9 nitrogen and oxygen atoms in total. The molecular formula is C23H22N6O3S. The Balaban J connectivity index is 1.39. The first-order valence-corrected chi connectivity index (χ1v) is 11.6. The summed E-state index contributed by atoms with van der Waals surface area (Å²) in [5.41, 5.74) is 4.46. The molecule has 0 fully saturated rings. The lowest BCUT2D eigenvalue weighted by atomic mass is 10.0. The van der Waals surface area contributed by atoms with Crippen LogP contribution in [0.4, 0.5) is 5.69 Å². The lowest BCUT2D eigenvalue weighted by Crippen LogP contribution is -2.41. The molecule has 0 radical (unpaired) electrons. The number of hydrogen-bond acceptors (Lipinski definition) is 6. The number of rotatable bonds is 7. The van der Waals surface area contributed by atoms with Crippen molar-refractivity contribution in [1.82, 2.24) is 25.3 Å². The highest BCUT2D eigenvalue weighted by atomic mass is 32.2. The molecule has 0 saturated carbocycles. The zero-order chi connectivity index (χ0) is 23.4. The van der Waals surface area contributed by atoms with Crippen LogP contribution >= 0.6 is 0 Å². The number of aromatic nitrogens is 4. The van der Waals surface area contributed by atoms with Crippen LogP contribution in [0.25, 0.3) is 22.5 Å². The molecule has 168 valence electrons. The molecule has 1 amide bonds. The minimum atomic E-state index is -3.90. The van der Waals surface area contributed by atoms with E-state index in [-0.39, 0.29) is 4.90 Å². The van der Waals surface area contributed by atoms with Crippen molar-refractivity contribution in [2.45, 2.75) is 24.8 Å². The molecule has 4 aromatic rings. The average molecular weight is 463 g/mol. The number of hydrogen-bond donors (Lipinski definition) is 3. The fourth-order valence-corrected chi connectivity index (χ4v) is 4.45. The van der Waals surface area contributed by atoms with Gasteiger partial charge in [0, 0.05) is 11.3 Å². The normalized spacial score (nSPS) is 12.3. The van der Waals surface area contributed by atoms with E-state index in [1.54, 1.807) is 24.3 Å². The van der Waals surface area contributed by atoms with Gasteiger partial charge in [0.25, 0.3) is 0 Å². The van der Waals surface area contributed by atoms with Crippen molar-refractivity contribution >= 4 is 21.6 Å². The molecule has 0 aliphatic carbocycles. The number of amides is 1. The van der Waals surface area contributed by atoms with Gasteiger partial charge in [-0.2, -0.15) is 9.94 Å². The van der Waals surface area contributed by atoms with Gasteiger partial charge >= 0.3 is 0 Å². The van der Waals surface area contributed by atoms with Gasteiger partial charge in [0.1, 0.15) is 0 Å². The fraction of sp³-hybridized carbons (Fsp3) is 0.130. The molecule has 4 rings (SSSR count). The van der Waals surface area contributed by atoms with Gasteiger partial charge in [0.15, 0.2) is 0 Å². The number of nitrogens with one attached hydrogen (secondary N) is 3. The molecule has 1 aromatic heterocycles. The second-order valence-corrected chi connectivity index (χ2v) is 9.25. The van der Waals surface area contributed by atoms with E-state index in [2.05, 4.69) is 36.7 Å². The third-order valence-corrected chi connectivity index (χ3v) is 6.55. The Labute approximate surface area is 191 Å². The molecule has 1 heterocycles. The van der Waals surface area contributed by atoms with Gasteiger partial charge in [-0.05, 0) is 66.6 Å². The minimum absolute atomic E-state index is 0.0249. The van der Waals surface area contributed by atoms with E-state index in [0.717, 1.165) is 16.7 Å². The second kappa shape index (κ2) is 9.31. The maximum atomic E-state index is 12.7. The topological polar surface area (TPSA) is 130 Å². The first-order valence-electron chi connectivity index (χ1n) is 10.2. The summed E-state index contributed by atoms with van der Waals surface area (Å²) in [4.78, 5) is 12.6. The van der Waals surface area contributed by atoms with E-state index in [4.69, 9.17) is 0 Å². The molecule has 0 spiro atoms. The van der Waals surface area contributed by atoms with Gasteiger partial charge < -0.3 is 5.32 Å². The van der Waals surface area contributed by atoms with Crippen LogP contribution in [0.5, 0.6) is 0 Å². The molecular weight excluding hydrogens is 440 g/mol. The van der Waals surface area contributed by atoms with Crippen LogP contribution in [0, 0.1) is 6.92 Å². The fourth-order valence-electron chi connectivity index (χ4n) is 3.24. The van der Waals surface area contributed by atoms with Gasteiger partial charge in [-0.15, -0.1) is 10.2 Å². The summed E-state index contributed by atoms with van der Waals surface area (Å²) in [6, 6.07) is 20.5. The number of carbonyl (C=O) groups is 1. The molecule has 1 atom stereocenters. The summed E-state index contributed by atoms with van der Waals surface area (Å²) in [5, 5.41) is 16.3. The van der Waals surface area contributed by atoms with E-state index >= 15 is 0 Å². The molecule has 1 unspecified atom stereocenters. The van der Waals surface area contributed by atoms with E-state index in [1.807, 2.05) is 37.3 Å². The number of nitrogens with zero attached hydrogens (tertiary/aromatic N) is 3. The zero-order valence-corrected chi connectivity index (χ0v) is 18.8. The number of aryl methyl sites for hydroxylation is 1. The predicted molar refractivity (Wildman–Crippen MR) is 125 cm³/mol. The predicted octanol–water partition coefficient (Wildman–Crippen LogP) is 3.15. The standard InChI is InChI=1S/C23H22N6O3S/c1-15-4-3-5-19(14-15)17-6-10-20(11-7-17)24-23(30)16(2)27-33(31,32)21-12-8-18(9-13-21)22-25-28-29-26-22/h3-14,16,27H,1-2H3,(H,24,30)(H,25,26,28,29). The third-order valence-electron chi connectivity index (χ3n) is 5.00. The highest BCUT2D eigenvalue weighted by Crippen LogP contribution is 2.22. The highest BCUT2D eigenvalue weighted by molar-refractivity contribution is 7.89. The van der Waals surface area contributed by atoms with E-state index < -0.39 is 22.0 Å². The molecule has 3 N–H and O–H groups in total. The van der Waals surface area contributed by atoms with Crippen molar-refractivity contribution in [3.05, 3.63) is 78.4 Å². The zero-order valence-electron chi connectivity index (χ0n) is 18.0. The number of aromatic amines is 1. The number of anilines is 1. The number of carbonyl (C=O) groups excluding carboxylic acids is 1. The van der Waals surface area contributed by atoms with Crippen LogP contribution in [-0.2, 0) is 14.8 Å². The van der Waals surface area contributed by atoms with Gasteiger partial charge in [-0.3, -0.25) is 4.79 Å². The van der Waals surface area contributed by atoms with Crippen LogP contribution in [0.15, 0.2) is 77.7 Å². The van der Waals surface area contributed by atoms with Crippen molar-refractivity contribution < 1.29 is 13.2 Å². The maximum absolute atomic E-state index is 12.7. The van der Waals surface area contributed by atoms with Crippen LogP contribution in [0.3, 0.4) is 0 Å². The molecule has 0 bridgehead atoms. The van der Waals surface area contributed by atoms with Gasteiger partial charge in [0.05, 0.1) is 10.9 Å². The van der Waals surface area contributed by atoms with Crippen LogP contribution in [0.2, 0.25) is 0 Å². The Morgan fingerprint density at radius 3 is 2.27 bits per heavy atom. The molecule has 0 saturated heterocycles. The first-order chi connectivity index (χ1) is 15.8. The molecule has 3 aromatic carbocycles. The van der Waals surface area contributed by atoms with Crippen molar-refractivity contribution in [2.75, 3.05) is 5.32 Å². The number of benzene rings is 3. The lowest BCUT2D eigenvalue weighted by Gasteiger charge is -2.15. The maximum Gasteiger partial charge on any atom is 0.242 e. The van der Waals surface area contributed by atoms with Crippen LogP contribution < -0.4 is 10.0 Å². The SMILES string of the molecule is Cc1cccc(-c2ccc(NC(=O)C(C)NS(=O)(=O)c3ccc(-c4nn[nH]n4)cc3)cc2)c1. The number of tetrazole rings is 1. The Hall–Kier alpha value is -3.89. The summed E-state index contributed by atoms with van der Waals surface area (Å²) in [6.07, 6.45) is 0. The molecule has 0 aliphatic heterocycles. The Morgan fingerprint density at radius 2 is 1.64 bits per heavy atom. The summed E-state index contributed by atoms with van der Waals surface area (Å²) in [5.74, 6) is -0.113. The lowest BCUT2D eigenvalue weighted by molar-refractivity contribution is -0.117. The summed E-state index contributed by atoms with van der Waals surface area (Å²) in [7, 11) is -3.90. The number of sulfonamides is 1. The summed E-state index contributed by atoms with van der Waals surface area (Å²) >= 11 is 0. The Bertz CT molecular complexity index is 1350. The smallest absolute Gasteiger partial charge is 0.242 e. The average Bonchev–Trinajstić information content (AvgIpc) is 3.34. The van der Waals surface area contributed by atoms with E-state index in [9.17, 15) is 13.2 Å². The van der Waals surface area contributed by atoms with E-state index in [1.165, 1.54) is 19.1 Å². The van der Waals surface area contributed by atoms with Gasteiger partial charge in [-0.1, -0.05) is 42.0 Å². The van der Waals surface area contributed by atoms with Gasteiger partial charge in [0.2, 0.25) is 21.8 Å². The van der Waals surface area contributed by atoms with Crippen molar-refractivity contribution in [3.63, 3.8) is 0 Å². The molecule has 0 aliphatic rings. The highest BCUT2D eigenvalue weighted by Gasteiger charge is 2.22. The third kappa shape index (κ3) is 5.30. The Morgan fingerprint density at radius 1 is 0.939 bits per heavy atom. The first kappa shape index (κ1) is 22.3. The van der Waals surface area contributed by atoms with Crippen molar-refractivity contribution in [1.29, 1.82) is 0 Å². The quantitative estimate of drug-likeness (QED) is 0.387. The van der Waals surface area contributed by atoms with Crippen molar-refractivity contribution in [3.8, 4) is 22.5 Å². The van der Waals surface area contributed by atoms with Crippen molar-refractivity contribution in [2.24, 2.45) is 0 Å². The van der Waals surface area contributed by atoms with Crippen LogP contribution in [-0.4, -0.2) is 41.0 Å². The minimum Gasteiger partial charge on any atom is -0.325 e. The molecule has 10 heteroatoms. The second-order valence-electron chi connectivity index (χ2n) is 7.54. The van der Waals surface area contributed by atoms with Gasteiger partial charge in [-0.25, -0.2) is 8.42 Å². The largest absolute Gasteiger partial charge is 0.325 e.